The van der Waals surface area contributed by atoms with E-state index in [-0.39, 0.29) is 23.7 Å². The van der Waals surface area contributed by atoms with Gasteiger partial charge in [0.25, 0.3) is 0 Å². The maximum Gasteiger partial charge on any atom is 0.310 e. The maximum absolute atomic E-state index is 10.8. The van der Waals surface area contributed by atoms with Gasteiger partial charge < -0.3 is 4.74 Å². The summed E-state index contributed by atoms with van der Waals surface area (Å²) in [5.41, 5.74) is 0.731. The first-order valence-corrected chi connectivity index (χ1v) is 5.42. The van der Waals surface area contributed by atoms with Gasteiger partial charge in [0.05, 0.1) is 4.92 Å². The molecule has 0 spiro atoms. The van der Waals surface area contributed by atoms with E-state index in [9.17, 15) is 10.1 Å². The minimum atomic E-state index is -0.510. The zero-order valence-corrected chi connectivity index (χ0v) is 9.81. The molecule has 0 radical (unpaired) electrons. The Bertz CT molecular complexity index is 650. The second kappa shape index (κ2) is 5.60. The first-order chi connectivity index (χ1) is 9.22. The molecule has 94 valence electrons. The number of nitriles is 1. The van der Waals surface area contributed by atoms with E-state index in [4.69, 9.17) is 10.00 Å². The monoisotopic (exact) mass is 255 g/mol. The van der Waals surface area contributed by atoms with Crippen LogP contribution >= 0.6 is 0 Å². The van der Waals surface area contributed by atoms with Crippen LogP contribution in [0.2, 0.25) is 0 Å². The third-order valence-electron chi connectivity index (χ3n) is 2.44. The van der Waals surface area contributed by atoms with Crippen molar-refractivity contribution in [3.63, 3.8) is 0 Å². The number of hydrogen-bond acceptors (Lipinski definition) is 5. The lowest BCUT2D eigenvalue weighted by Crippen LogP contribution is -2.01. The van der Waals surface area contributed by atoms with Crippen LogP contribution < -0.4 is 4.74 Å². The topological polar surface area (TPSA) is 89.0 Å². The number of hydrogen-bond donors (Lipinski definition) is 0. The van der Waals surface area contributed by atoms with E-state index in [0.29, 0.717) is 5.56 Å². The zero-order valence-electron chi connectivity index (χ0n) is 9.81. The van der Waals surface area contributed by atoms with Crippen molar-refractivity contribution in [2.75, 3.05) is 0 Å². The molecule has 19 heavy (non-hydrogen) atoms. The van der Waals surface area contributed by atoms with Crippen LogP contribution in [0.25, 0.3) is 0 Å². The van der Waals surface area contributed by atoms with Gasteiger partial charge in [0, 0.05) is 17.8 Å². The molecular weight excluding hydrogens is 246 g/mol. The van der Waals surface area contributed by atoms with Crippen LogP contribution in [0.3, 0.4) is 0 Å². The van der Waals surface area contributed by atoms with E-state index in [2.05, 4.69) is 4.98 Å². The summed E-state index contributed by atoms with van der Waals surface area (Å²) in [6, 6.07) is 11.4. The summed E-state index contributed by atoms with van der Waals surface area (Å²) in [6.07, 6.45) is 1.51. The van der Waals surface area contributed by atoms with E-state index >= 15 is 0 Å². The average molecular weight is 255 g/mol. The van der Waals surface area contributed by atoms with Crippen molar-refractivity contribution in [1.82, 2.24) is 4.98 Å². The summed E-state index contributed by atoms with van der Waals surface area (Å²) in [5, 5.41) is 19.7. The molecule has 0 amide bonds. The van der Waals surface area contributed by atoms with Crippen molar-refractivity contribution in [1.29, 1.82) is 5.26 Å². The molecular formula is C13H9N3O3. The van der Waals surface area contributed by atoms with Crippen LogP contribution in [-0.4, -0.2) is 9.91 Å². The minimum Gasteiger partial charge on any atom is -0.482 e. The number of aromatic nitrogens is 1. The first kappa shape index (κ1) is 12.5. The number of ether oxygens (including phenoxy) is 1. The standard InChI is InChI=1S/C13H9N3O3/c14-8-11-10(4-3-7-15-11)9-19-13-6-2-1-5-12(13)16(17)18/h1-7H,9H2. The van der Waals surface area contributed by atoms with Crippen molar-refractivity contribution in [2.45, 2.75) is 6.61 Å². The molecule has 6 heteroatoms. The van der Waals surface area contributed by atoms with E-state index in [1.807, 2.05) is 6.07 Å². The van der Waals surface area contributed by atoms with Gasteiger partial charge in [0.1, 0.15) is 18.4 Å². The fourth-order valence-corrected chi connectivity index (χ4v) is 1.54. The number of pyridine rings is 1. The highest BCUT2D eigenvalue weighted by atomic mass is 16.6. The predicted octanol–water partition coefficient (Wildman–Crippen LogP) is 2.44. The molecule has 0 unspecified atom stereocenters. The maximum atomic E-state index is 10.8. The molecule has 1 heterocycles. The van der Waals surface area contributed by atoms with Crippen LogP contribution in [0.15, 0.2) is 42.6 Å². The largest absolute Gasteiger partial charge is 0.482 e. The van der Waals surface area contributed by atoms with Crippen LogP contribution in [0, 0.1) is 21.4 Å². The molecule has 6 nitrogen and oxygen atoms in total. The Morgan fingerprint density at radius 2 is 2.11 bits per heavy atom. The summed E-state index contributed by atoms with van der Waals surface area (Å²) in [4.78, 5) is 14.2. The number of benzene rings is 1. The van der Waals surface area contributed by atoms with Gasteiger partial charge in [0.15, 0.2) is 5.75 Å². The predicted molar refractivity (Wildman–Crippen MR) is 66.4 cm³/mol. The summed E-state index contributed by atoms with van der Waals surface area (Å²) < 4.78 is 5.39. The number of nitro groups is 1. The SMILES string of the molecule is N#Cc1ncccc1COc1ccccc1[N+](=O)[O-]. The summed E-state index contributed by atoms with van der Waals surface area (Å²) in [7, 11) is 0. The normalized spacial score (nSPS) is 9.63. The number of nitro benzene ring substituents is 1. The Hall–Kier alpha value is -2.94. The Labute approximate surface area is 109 Å². The Morgan fingerprint density at radius 3 is 2.84 bits per heavy atom. The van der Waals surface area contributed by atoms with Crippen LogP contribution in [0.1, 0.15) is 11.3 Å². The highest BCUT2D eigenvalue weighted by Crippen LogP contribution is 2.26. The number of nitrogens with zero attached hydrogens (tertiary/aromatic N) is 3. The third-order valence-corrected chi connectivity index (χ3v) is 2.44. The third kappa shape index (κ3) is 2.84. The van der Waals surface area contributed by atoms with Gasteiger partial charge >= 0.3 is 5.69 Å². The van der Waals surface area contributed by atoms with E-state index in [0.717, 1.165) is 0 Å². The average Bonchev–Trinajstić information content (AvgIpc) is 2.45. The van der Waals surface area contributed by atoms with Crippen molar-refractivity contribution < 1.29 is 9.66 Å². The van der Waals surface area contributed by atoms with Crippen molar-refractivity contribution in [3.8, 4) is 11.8 Å². The molecule has 0 aliphatic rings. The fraction of sp³-hybridized carbons (Fsp3) is 0.0769. The second-order valence-corrected chi connectivity index (χ2v) is 3.64. The molecule has 0 atom stereocenters. The van der Waals surface area contributed by atoms with Gasteiger partial charge in [-0.1, -0.05) is 18.2 Å². The summed E-state index contributed by atoms with van der Waals surface area (Å²) in [5.74, 6) is 0.167. The van der Waals surface area contributed by atoms with Gasteiger partial charge in [-0.05, 0) is 12.1 Å². The minimum absolute atomic E-state index is 0.0571. The molecule has 0 saturated carbocycles. The first-order valence-electron chi connectivity index (χ1n) is 5.42. The molecule has 0 saturated heterocycles. The van der Waals surface area contributed by atoms with Crippen LogP contribution in [-0.2, 0) is 6.61 Å². The Morgan fingerprint density at radius 1 is 1.32 bits per heavy atom. The quantitative estimate of drug-likeness (QED) is 0.618. The van der Waals surface area contributed by atoms with Gasteiger partial charge in [-0.25, -0.2) is 4.98 Å². The van der Waals surface area contributed by atoms with Gasteiger partial charge in [-0.15, -0.1) is 0 Å². The van der Waals surface area contributed by atoms with Crippen molar-refractivity contribution >= 4 is 5.69 Å². The van der Waals surface area contributed by atoms with Crippen molar-refractivity contribution in [2.24, 2.45) is 0 Å². The second-order valence-electron chi connectivity index (χ2n) is 3.64. The lowest BCUT2D eigenvalue weighted by molar-refractivity contribution is -0.385. The van der Waals surface area contributed by atoms with Gasteiger partial charge in [-0.2, -0.15) is 5.26 Å². The molecule has 0 fully saturated rings. The van der Waals surface area contributed by atoms with Gasteiger partial charge in [-0.3, -0.25) is 10.1 Å². The van der Waals surface area contributed by atoms with Crippen LogP contribution in [0.5, 0.6) is 5.75 Å². The molecule has 1 aromatic heterocycles. The van der Waals surface area contributed by atoms with Gasteiger partial charge in [0.2, 0.25) is 0 Å². The highest BCUT2D eigenvalue weighted by molar-refractivity contribution is 5.46. The van der Waals surface area contributed by atoms with E-state index in [1.165, 1.54) is 18.3 Å². The smallest absolute Gasteiger partial charge is 0.310 e. The molecule has 0 aliphatic heterocycles. The summed E-state index contributed by atoms with van der Waals surface area (Å²) in [6.45, 7) is 0.0571. The van der Waals surface area contributed by atoms with Crippen molar-refractivity contribution in [3.05, 3.63) is 64.0 Å². The Balaban J connectivity index is 2.20. The molecule has 0 N–H and O–H groups in total. The lowest BCUT2D eigenvalue weighted by atomic mass is 10.2. The van der Waals surface area contributed by atoms with E-state index < -0.39 is 4.92 Å². The Kier molecular flexibility index (Phi) is 3.69. The highest BCUT2D eigenvalue weighted by Gasteiger charge is 2.14. The summed E-state index contributed by atoms with van der Waals surface area (Å²) >= 11 is 0. The molecule has 1 aromatic carbocycles. The number of para-hydroxylation sites is 2. The molecule has 0 aliphatic carbocycles. The number of rotatable bonds is 4. The molecule has 2 aromatic rings. The fourth-order valence-electron chi connectivity index (χ4n) is 1.54. The lowest BCUT2D eigenvalue weighted by Gasteiger charge is -2.07. The zero-order chi connectivity index (χ0) is 13.7. The molecule has 0 bridgehead atoms. The molecule has 2 rings (SSSR count). The van der Waals surface area contributed by atoms with Crippen LogP contribution in [0.4, 0.5) is 5.69 Å². The van der Waals surface area contributed by atoms with E-state index in [1.54, 1.807) is 24.3 Å².